The summed E-state index contributed by atoms with van der Waals surface area (Å²) in [5.41, 5.74) is 0.968. The molecule has 1 heterocycles. The Kier molecular flexibility index (Phi) is 8.34. The number of carbonyl (C=O) groups is 1. The van der Waals surface area contributed by atoms with E-state index in [1.807, 2.05) is 6.92 Å². The topological polar surface area (TPSA) is 90.9 Å². The number of amides is 1. The molecule has 0 saturated carbocycles. The van der Waals surface area contributed by atoms with Crippen LogP contribution in [0.4, 0.5) is 10.1 Å². The third kappa shape index (κ3) is 6.27. The van der Waals surface area contributed by atoms with Crippen LogP contribution in [0.1, 0.15) is 13.3 Å². The van der Waals surface area contributed by atoms with Gasteiger partial charge >= 0.3 is 0 Å². The zero-order chi connectivity index (χ0) is 23.8. The van der Waals surface area contributed by atoms with Crippen LogP contribution in [0.15, 0.2) is 42.6 Å². The van der Waals surface area contributed by atoms with Crippen molar-refractivity contribution in [3.63, 3.8) is 0 Å². The van der Waals surface area contributed by atoms with Gasteiger partial charge < -0.3 is 29.6 Å². The number of carbonyl (C=O) groups excluding carboxylic acids is 1. The van der Waals surface area contributed by atoms with Crippen molar-refractivity contribution >= 4 is 39.8 Å². The van der Waals surface area contributed by atoms with Gasteiger partial charge in [0.25, 0.3) is 0 Å². The molecule has 1 amide bonds. The quantitative estimate of drug-likeness (QED) is 0.349. The first-order chi connectivity index (χ1) is 15.9. The molecule has 0 atom stereocenters. The highest BCUT2D eigenvalue weighted by Crippen LogP contribution is 2.37. The lowest BCUT2D eigenvalue weighted by molar-refractivity contribution is -0.120. The second-order valence-electron chi connectivity index (χ2n) is 6.73. The van der Waals surface area contributed by atoms with Crippen LogP contribution in [0.5, 0.6) is 23.0 Å². The van der Waals surface area contributed by atoms with Crippen molar-refractivity contribution in [2.24, 2.45) is 0 Å². The first kappa shape index (κ1) is 24.1. The van der Waals surface area contributed by atoms with Crippen molar-refractivity contribution in [1.29, 1.82) is 0 Å². The summed E-state index contributed by atoms with van der Waals surface area (Å²) in [6, 6.07) is 9.34. The summed E-state index contributed by atoms with van der Waals surface area (Å²) >= 11 is 5.10. The molecule has 1 aromatic heterocycles. The molecule has 3 rings (SSSR count). The molecule has 0 saturated heterocycles. The molecule has 2 N–H and O–H groups in total. The molecule has 0 spiro atoms. The summed E-state index contributed by atoms with van der Waals surface area (Å²) in [5, 5.41) is 5.99. The predicted octanol–water partition coefficient (Wildman–Crippen LogP) is 4.42. The van der Waals surface area contributed by atoms with E-state index >= 15 is 0 Å². The van der Waals surface area contributed by atoms with Crippen LogP contribution in [0.2, 0.25) is 0 Å². The molecule has 8 nitrogen and oxygen atoms in total. The van der Waals surface area contributed by atoms with Gasteiger partial charge in [-0.15, -0.1) is 0 Å². The number of fused-ring (bicyclic) bond motifs is 1. The van der Waals surface area contributed by atoms with Gasteiger partial charge in [-0.3, -0.25) is 9.78 Å². The van der Waals surface area contributed by atoms with Gasteiger partial charge in [0.1, 0.15) is 5.75 Å². The van der Waals surface area contributed by atoms with E-state index in [9.17, 15) is 9.18 Å². The van der Waals surface area contributed by atoms with Crippen molar-refractivity contribution in [3.05, 3.63) is 48.4 Å². The number of methoxy groups -OCH3 is 2. The molecule has 0 aliphatic carbocycles. The second kappa shape index (κ2) is 11.4. The van der Waals surface area contributed by atoms with Crippen LogP contribution in [-0.2, 0) is 9.53 Å². The van der Waals surface area contributed by atoms with Crippen LogP contribution in [0.25, 0.3) is 10.9 Å². The summed E-state index contributed by atoms with van der Waals surface area (Å²) in [4.78, 5) is 16.1. The molecular formula is C23H24FN3O5S. The number of aromatic nitrogens is 1. The predicted molar refractivity (Wildman–Crippen MR) is 127 cm³/mol. The number of pyridine rings is 1. The zero-order valence-electron chi connectivity index (χ0n) is 18.4. The van der Waals surface area contributed by atoms with Crippen molar-refractivity contribution in [2.45, 2.75) is 13.3 Å². The molecule has 0 unspecified atom stereocenters. The highest BCUT2D eigenvalue weighted by Gasteiger charge is 2.14. The van der Waals surface area contributed by atoms with Crippen molar-refractivity contribution < 1.29 is 28.1 Å². The van der Waals surface area contributed by atoms with E-state index in [2.05, 4.69) is 15.6 Å². The Bertz CT molecular complexity index is 1160. The molecular weight excluding hydrogens is 449 g/mol. The minimum atomic E-state index is -0.615. The maximum absolute atomic E-state index is 14.7. The van der Waals surface area contributed by atoms with Crippen LogP contribution in [0, 0.1) is 5.82 Å². The monoisotopic (exact) mass is 473 g/mol. The van der Waals surface area contributed by atoms with Crippen molar-refractivity contribution in [2.75, 3.05) is 32.8 Å². The molecule has 2 aromatic carbocycles. The number of thiocarbonyl (C=S) groups is 1. The third-order valence-corrected chi connectivity index (χ3v) is 4.75. The van der Waals surface area contributed by atoms with Crippen LogP contribution in [-0.4, -0.2) is 43.4 Å². The first-order valence-electron chi connectivity index (χ1n) is 10.1. The van der Waals surface area contributed by atoms with Gasteiger partial charge in [-0.05, 0) is 43.4 Å². The van der Waals surface area contributed by atoms with E-state index in [4.69, 9.17) is 31.2 Å². The Hall–Kier alpha value is -3.50. The molecule has 0 aliphatic heterocycles. The lowest BCUT2D eigenvalue weighted by Gasteiger charge is -2.14. The summed E-state index contributed by atoms with van der Waals surface area (Å²) in [7, 11) is 3.06. The number of rotatable bonds is 9. The number of hydrogen-bond acceptors (Lipinski definition) is 7. The molecule has 10 heteroatoms. The van der Waals surface area contributed by atoms with Crippen LogP contribution in [0.3, 0.4) is 0 Å². The number of nitrogens with zero attached hydrogens (tertiary/aromatic N) is 1. The maximum atomic E-state index is 14.7. The number of ether oxygens (including phenoxy) is 4. The van der Waals surface area contributed by atoms with E-state index in [1.54, 1.807) is 30.5 Å². The summed E-state index contributed by atoms with van der Waals surface area (Å²) < 4.78 is 36.3. The van der Waals surface area contributed by atoms with Gasteiger partial charge in [-0.1, -0.05) is 0 Å². The number of nitrogens with one attached hydrogen (secondary N) is 2. The van der Waals surface area contributed by atoms with E-state index in [1.165, 1.54) is 26.4 Å². The average Bonchev–Trinajstić information content (AvgIpc) is 2.80. The Labute approximate surface area is 196 Å². The van der Waals surface area contributed by atoms with Gasteiger partial charge in [-0.25, -0.2) is 4.39 Å². The summed E-state index contributed by atoms with van der Waals surface area (Å²) in [5.74, 6) is 0.526. The van der Waals surface area contributed by atoms with Gasteiger partial charge in [0.05, 0.1) is 32.8 Å². The van der Waals surface area contributed by atoms with Crippen LogP contribution >= 0.6 is 12.2 Å². The fourth-order valence-corrected chi connectivity index (χ4v) is 3.21. The number of hydrogen-bond donors (Lipinski definition) is 2. The molecule has 3 aromatic rings. The fourth-order valence-electron chi connectivity index (χ4n) is 2.98. The lowest BCUT2D eigenvalue weighted by atomic mass is 10.2. The van der Waals surface area contributed by atoms with E-state index in [-0.39, 0.29) is 23.2 Å². The van der Waals surface area contributed by atoms with E-state index in [0.29, 0.717) is 47.1 Å². The third-order valence-electron chi connectivity index (χ3n) is 4.55. The molecule has 0 bridgehead atoms. The standard InChI is InChI=1S/C23H24FN3O5S/c1-4-31-10-8-22(28)27-23(33)26-14-5-6-19(16(24)11-14)32-18-7-9-25-17-13-21(30-3)20(29-2)12-15(17)18/h5-7,9,11-13H,4,8,10H2,1-3H3,(H2,26,27,28,33). The fraction of sp³-hybridized carbons (Fsp3) is 0.261. The van der Waals surface area contributed by atoms with Gasteiger partial charge in [0.15, 0.2) is 28.2 Å². The number of halogens is 1. The second-order valence-corrected chi connectivity index (χ2v) is 7.14. The maximum Gasteiger partial charge on any atom is 0.228 e. The van der Waals surface area contributed by atoms with Crippen molar-refractivity contribution in [3.8, 4) is 23.0 Å². The molecule has 33 heavy (non-hydrogen) atoms. The molecule has 0 aliphatic rings. The molecule has 174 valence electrons. The Balaban J connectivity index is 1.72. The average molecular weight is 474 g/mol. The van der Waals surface area contributed by atoms with Gasteiger partial charge in [0, 0.05) is 36.0 Å². The zero-order valence-corrected chi connectivity index (χ0v) is 19.3. The number of benzene rings is 2. The minimum Gasteiger partial charge on any atom is -0.493 e. The molecule has 0 radical (unpaired) electrons. The largest absolute Gasteiger partial charge is 0.493 e. The van der Waals surface area contributed by atoms with Gasteiger partial charge in [0.2, 0.25) is 5.91 Å². The smallest absolute Gasteiger partial charge is 0.228 e. The SMILES string of the molecule is CCOCCC(=O)NC(=S)Nc1ccc(Oc2ccnc3cc(OC)c(OC)cc23)c(F)c1. The summed E-state index contributed by atoms with van der Waals surface area (Å²) in [6.07, 6.45) is 1.73. The number of anilines is 1. The summed E-state index contributed by atoms with van der Waals surface area (Å²) in [6.45, 7) is 2.67. The lowest BCUT2D eigenvalue weighted by Crippen LogP contribution is -2.34. The first-order valence-corrected chi connectivity index (χ1v) is 10.5. The highest BCUT2D eigenvalue weighted by molar-refractivity contribution is 7.80. The Morgan fingerprint density at radius 3 is 2.52 bits per heavy atom. The highest BCUT2D eigenvalue weighted by atomic mass is 32.1. The molecule has 0 fully saturated rings. The minimum absolute atomic E-state index is 0.00880. The van der Waals surface area contributed by atoms with Crippen molar-refractivity contribution in [1.82, 2.24) is 10.3 Å². The normalized spacial score (nSPS) is 10.5. The van der Waals surface area contributed by atoms with E-state index in [0.717, 1.165) is 0 Å². The Morgan fingerprint density at radius 2 is 1.82 bits per heavy atom. The van der Waals surface area contributed by atoms with Crippen LogP contribution < -0.4 is 24.8 Å². The Morgan fingerprint density at radius 1 is 1.06 bits per heavy atom. The van der Waals surface area contributed by atoms with E-state index < -0.39 is 5.82 Å². The van der Waals surface area contributed by atoms with Gasteiger partial charge in [-0.2, -0.15) is 0 Å².